The molecule has 9 heteroatoms. The number of hydrogen-bond donors (Lipinski definition) is 2. The molecule has 2 N–H and O–H groups in total. The molecule has 0 spiro atoms. The number of anilines is 1. The number of benzene rings is 1. The van der Waals surface area contributed by atoms with E-state index in [0.29, 0.717) is 13.2 Å². The van der Waals surface area contributed by atoms with Crippen LogP contribution in [0.15, 0.2) is 23.1 Å². The summed E-state index contributed by atoms with van der Waals surface area (Å²) >= 11 is 0. The van der Waals surface area contributed by atoms with Gasteiger partial charge in [0.15, 0.2) is 0 Å². The van der Waals surface area contributed by atoms with E-state index in [9.17, 15) is 17.6 Å². The van der Waals surface area contributed by atoms with Crippen LogP contribution >= 0.6 is 0 Å². The molecule has 0 aliphatic carbocycles. The molecule has 0 aromatic heterocycles. The van der Waals surface area contributed by atoms with Crippen molar-refractivity contribution < 1.29 is 22.3 Å². The fraction of sp³-hybridized carbons (Fsp3) is 0.500. The largest absolute Gasteiger partial charge is 0.376 e. The Kier molecular flexibility index (Phi) is 5.55. The highest BCUT2D eigenvalue weighted by molar-refractivity contribution is 7.89. The lowest BCUT2D eigenvalue weighted by atomic mass is 10.2. The summed E-state index contributed by atoms with van der Waals surface area (Å²) in [7, 11) is -0.952. The van der Waals surface area contributed by atoms with Crippen LogP contribution in [-0.2, 0) is 14.8 Å². The number of sulfonamides is 1. The predicted molar refractivity (Wildman–Crippen MR) is 83.3 cm³/mol. The minimum absolute atomic E-state index is 0.0361. The van der Waals surface area contributed by atoms with Gasteiger partial charge in [0, 0.05) is 27.2 Å². The first kappa shape index (κ1) is 17.6. The van der Waals surface area contributed by atoms with Crippen molar-refractivity contribution >= 4 is 21.7 Å². The standard InChI is InChI=1S/C14H20FN3O4S/c1-18(2)23(20,21)11-5-6-12(15)13(8-11)17-14(19)16-9-10-4-3-7-22-10/h5-6,8,10H,3-4,7,9H2,1-2H3,(H2,16,17,19)/t10-/m1/s1. The maximum atomic E-state index is 13.8. The van der Waals surface area contributed by atoms with Gasteiger partial charge in [-0.15, -0.1) is 0 Å². The quantitative estimate of drug-likeness (QED) is 0.844. The number of carbonyl (C=O) groups is 1. The zero-order valence-electron chi connectivity index (χ0n) is 13.0. The number of ether oxygens (including phenoxy) is 1. The van der Waals surface area contributed by atoms with Crippen molar-refractivity contribution in [3.8, 4) is 0 Å². The third-order valence-electron chi connectivity index (χ3n) is 3.48. The SMILES string of the molecule is CN(C)S(=O)(=O)c1ccc(F)c(NC(=O)NC[C@H]2CCCO2)c1. The van der Waals surface area contributed by atoms with Gasteiger partial charge >= 0.3 is 6.03 Å². The Morgan fingerprint density at radius 1 is 1.43 bits per heavy atom. The van der Waals surface area contributed by atoms with E-state index in [-0.39, 0.29) is 16.7 Å². The molecule has 0 radical (unpaired) electrons. The molecule has 2 rings (SSSR count). The van der Waals surface area contributed by atoms with Gasteiger partial charge in [-0.3, -0.25) is 0 Å². The van der Waals surface area contributed by atoms with Crippen molar-refractivity contribution in [1.82, 2.24) is 9.62 Å². The summed E-state index contributed by atoms with van der Waals surface area (Å²) in [6.45, 7) is 0.996. The van der Waals surface area contributed by atoms with Gasteiger partial charge in [0.1, 0.15) is 5.82 Å². The zero-order valence-corrected chi connectivity index (χ0v) is 13.8. The minimum atomic E-state index is -3.70. The fourth-order valence-corrected chi connectivity index (χ4v) is 3.08. The van der Waals surface area contributed by atoms with Gasteiger partial charge in [0.2, 0.25) is 10.0 Å². The maximum Gasteiger partial charge on any atom is 0.319 e. The van der Waals surface area contributed by atoms with Crippen LogP contribution in [0.3, 0.4) is 0 Å². The maximum absolute atomic E-state index is 13.8. The van der Waals surface area contributed by atoms with Gasteiger partial charge in [-0.25, -0.2) is 21.9 Å². The Hall–Kier alpha value is -1.71. The van der Waals surface area contributed by atoms with Crippen LogP contribution in [0, 0.1) is 5.82 Å². The molecule has 128 valence electrons. The lowest BCUT2D eigenvalue weighted by molar-refractivity contribution is 0.112. The van der Waals surface area contributed by atoms with Gasteiger partial charge in [0.05, 0.1) is 16.7 Å². The van der Waals surface area contributed by atoms with Gasteiger partial charge in [0.25, 0.3) is 0 Å². The normalized spacial score (nSPS) is 18.2. The molecule has 1 heterocycles. The molecule has 1 fully saturated rings. The molecule has 1 aliphatic rings. The highest BCUT2D eigenvalue weighted by Gasteiger charge is 2.20. The third kappa shape index (κ3) is 4.40. The Labute approximate surface area is 134 Å². The highest BCUT2D eigenvalue weighted by atomic mass is 32.2. The molecule has 7 nitrogen and oxygen atoms in total. The Bertz CT molecular complexity index is 673. The molecule has 0 saturated carbocycles. The number of nitrogens with zero attached hydrogens (tertiary/aromatic N) is 1. The summed E-state index contributed by atoms with van der Waals surface area (Å²) in [5.74, 6) is -0.713. The molecular formula is C14H20FN3O4S. The molecule has 1 aromatic carbocycles. The Morgan fingerprint density at radius 2 is 2.17 bits per heavy atom. The summed E-state index contributed by atoms with van der Waals surface area (Å²) in [5, 5.41) is 4.90. The summed E-state index contributed by atoms with van der Waals surface area (Å²) in [5.41, 5.74) is -0.197. The number of nitrogens with one attached hydrogen (secondary N) is 2. The monoisotopic (exact) mass is 345 g/mol. The summed E-state index contributed by atoms with van der Waals surface area (Å²) in [4.78, 5) is 11.7. The van der Waals surface area contributed by atoms with Crippen molar-refractivity contribution in [2.24, 2.45) is 0 Å². The molecule has 1 saturated heterocycles. The van der Waals surface area contributed by atoms with Crippen LogP contribution < -0.4 is 10.6 Å². The van der Waals surface area contributed by atoms with E-state index in [1.165, 1.54) is 14.1 Å². The lowest BCUT2D eigenvalue weighted by Gasteiger charge is -2.14. The van der Waals surface area contributed by atoms with E-state index >= 15 is 0 Å². The van der Waals surface area contributed by atoms with Crippen LogP contribution in [0.2, 0.25) is 0 Å². The van der Waals surface area contributed by atoms with Crippen LogP contribution in [0.25, 0.3) is 0 Å². The number of urea groups is 1. The fourth-order valence-electron chi connectivity index (χ4n) is 2.15. The van der Waals surface area contributed by atoms with Gasteiger partial charge in [-0.2, -0.15) is 0 Å². The van der Waals surface area contributed by atoms with Gasteiger partial charge in [-0.05, 0) is 31.0 Å². The Morgan fingerprint density at radius 3 is 2.78 bits per heavy atom. The number of carbonyl (C=O) groups excluding carboxylic acids is 1. The zero-order chi connectivity index (χ0) is 17.0. The second kappa shape index (κ2) is 7.24. The topological polar surface area (TPSA) is 87.7 Å². The van der Waals surface area contributed by atoms with Crippen LogP contribution in [0.4, 0.5) is 14.9 Å². The summed E-state index contributed by atoms with van der Waals surface area (Å²) < 4.78 is 44.2. The van der Waals surface area contributed by atoms with Crippen molar-refractivity contribution in [3.05, 3.63) is 24.0 Å². The number of amides is 2. The average Bonchev–Trinajstić information content (AvgIpc) is 3.00. The molecule has 0 unspecified atom stereocenters. The lowest BCUT2D eigenvalue weighted by Crippen LogP contribution is -2.35. The first-order valence-corrected chi connectivity index (χ1v) is 8.63. The average molecular weight is 345 g/mol. The highest BCUT2D eigenvalue weighted by Crippen LogP contribution is 2.21. The minimum Gasteiger partial charge on any atom is -0.376 e. The Balaban J connectivity index is 2.05. The van der Waals surface area contributed by atoms with Crippen molar-refractivity contribution in [2.75, 3.05) is 32.6 Å². The molecule has 1 aromatic rings. The summed E-state index contributed by atoms with van der Waals surface area (Å²) in [6.07, 6.45) is 1.78. The number of halogens is 1. The predicted octanol–water partition coefficient (Wildman–Crippen LogP) is 1.38. The van der Waals surface area contributed by atoms with Gasteiger partial charge in [-0.1, -0.05) is 0 Å². The number of hydrogen-bond acceptors (Lipinski definition) is 4. The molecular weight excluding hydrogens is 325 g/mol. The van der Waals surface area contributed by atoms with Crippen LogP contribution in [0.5, 0.6) is 0 Å². The second-order valence-corrected chi connectivity index (χ2v) is 7.55. The first-order valence-electron chi connectivity index (χ1n) is 7.19. The van der Waals surface area contributed by atoms with E-state index in [1.807, 2.05) is 0 Å². The molecule has 23 heavy (non-hydrogen) atoms. The number of rotatable bonds is 5. The van der Waals surface area contributed by atoms with Crippen LogP contribution in [-0.4, -0.2) is 52.1 Å². The van der Waals surface area contributed by atoms with Crippen molar-refractivity contribution in [2.45, 2.75) is 23.8 Å². The van der Waals surface area contributed by atoms with Gasteiger partial charge < -0.3 is 15.4 Å². The van der Waals surface area contributed by atoms with E-state index in [4.69, 9.17) is 4.74 Å². The van der Waals surface area contributed by atoms with Crippen molar-refractivity contribution in [3.63, 3.8) is 0 Å². The molecule has 1 atom stereocenters. The first-order chi connectivity index (χ1) is 10.8. The van der Waals surface area contributed by atoms with E-state index in [1.54, 1.807) is 0 Å². The molecule has 0 bridgehead atoms. The summed E-state index contributed by atoms with van der Waals surface area (Å²) in [6, 6.07) is 2.64. The molecule has 2 amide bonds. The second-order valence-electron chi connectivity index (χ2n) is 5.40. The third-order valence-corrected chi connectivity index (χ3v) is 5.29. The van der Waals surface area contributed by atoms with Crippen molar-refractivity contribution in [1.29, 1.82) is 0 Å². The molecule has 1 aliphatic heterocycles. The van der Waals surface area contributed by atoms with E-state index < -0.39 is 21.9 Å². The van der Waals surface area contributed by atoms with E-state index in [2.05, 4.69) is 10.6 Å². The smallest absolute Gasteiger partial charge is 0.319 e. The van der Waals surface area contributed by atoms with E-state index in [0.717, 1.165) is 35.3 Å². The van der Waals surface area contributed by atoms with Crippen LogP contribution in [0.1, 0.15) is 12.8 Å².